The number of oxazole rings is 1. The second-order valence-corrected chi connectivity index (χ2v) is 6.27. The van der Waals surface area contributed by atoms with Crippen LogP contribution < -0.4 is 10.5 Å². The number of alkyl halides is 3. The van der Waals surface area contributed by atoms with Crippen LogP contribution >= 0.6 is 0 Å². The van der Waals surface area contributed by atoms with Crippen molar-refractivity contribution in [3.63, 3.8) is 0 Å². The monoisotopic (exact) mass is 425 g/mol. The molecule has 0 N–H and O–H groups in total. The normalized spacial score (nSPS) is 11.5. The Bertz CT molecular complexity index is 1170. The lowest BCUT2D eigenvalue weighted by Gasteiger charge is -2.20. The number of nitro benzene ring substituents is 1. The van der Waals surface area contributed by atoms with E-state index in [0.717, 1.165) is 27.7 Å². The van der Waals surface area contributed by atoms with E-state index >= 15 is 0 Å². The summed E-state index contributed by atoms with van der Waals surface area (Å²) in [6, 6.07) is 8.86. The quantitative estimate of drug-likeness (QED) is 0.444. The molecule has 0 aliphatic carbocycles. The van der Waals surface area contributed by atoms with Crippen molar-refractivity contribution in [3.05, 3.63) is 68.7 Å². The number of nitro groups is 1. The molecule has 1 amide bonds. The Morgan fingerprint density at radius 3 is 2.63 bits per heavy atom. The third-order valence-corrected chi connectivity index (χ3v) is 4.19. The first-order valence-electron chi connectivity index (χ1n) is 8.40. The van der Waals surface area contributed by atoms with Gasteiger partial charge in [0.1, 0.15) is 12.3 Å². The number of nitrogens with zero attached hydrogens (tertiary/aromatic N) is 3. The SMILES string of the molecule is CN(Cc1ccccc1OC(F)(F)F)C(=O)Cn1c(=O)oc2cc([N+](=O)[O-])ccc21. The molecule has 1 heterocycles. The molecule has 0 unspecified atom stereocenters. The fourth-order valence-corrected chi connectivity index (χ4v) is 2.78. The Labute approximate surface area is 166 Å². The van der Waals surface area contributed by atoms with Crippen LogP contribution in [0.3, 0.4) is 0 Å². The first-order valence-corrected chi connectivity index (χ1v) is 8.40. The van der Waals surface area contributed by atoms with Crippen LogP contribution in [0, 0.1) is 10.1 Å². The largest absolute Gasteiger partial charge is 0.573 e. The van der Waals surface area contributed by atoms with Crippen molar-refractivity contribution in [2.24, 2.45) is 0 Å². The molecule has 3 rings (SSSR count). The van der Waals surface area contributed by atoms with Gasteiger partial charge in [0.25, 0.3) is 5.69 Å². The maximum Gasteiger partial charge on any atom is 0.573 e. The van der Waals surface area contributed by atoms with Gasteiger partial charge in [-0.25, -0.2) is 4.79 Å². The average Bonchev–Trinajstić information content (AvgIpc) is 2.96. The van der Waals surface area contributed by atoms with Crippen molar-refractivity contribution < 1.29 is 32.0 Å². The van der Waals surface area contributed by atoms with E-state index in [2.05, 4.69) is 4.74 Å². The van der Waals surface area contributed by atoms with Crippen molar-refractivity contribution >= 4 is 22.7 Å². The molecular weight excluding hydrogens is 411 g/mol. The third-order valence-electron chi connectivity index (χ3n) is 4.19. The number of rotatable bonds is 6. The van der Waals surface area contributed by atoms with Crippen LogP contribution in [0.4, 0.5) is 18.9 Å². The number of non-ortho nitro benzene ring substituents is 1. The highest BCUT2D eigenvalue weighted by atomic mass is 19.4. The highest BCUT2D eigenvalue weighted by molar-refractivity contribution is 5.80. The lowest BCUT2D eigenvalue weighted by atomic mass is 10.2. The predicted octanol–water partition coefficient (Wildman–Crippen LogP) is 3.06. The molecule has 1 aromatic heterocycles. The molecular formula is C18H14F3N3O6. The lowest BCUT2D eigenvalue weighted by molar-refractivity contribution is -0.384. The number of hydrogen-bond donors (Lipinski definition) is 0. The third kappa shape index (κ3) is 4.59. The van der Waals surface area contributed by atoms with Crippen molar-refractivity contribution in [3.8, 4) is 5.75 Å². The van der Waals surface area contributed by atoms with E-state index < -0.39 is 35.2 Å². The van der Waals surface area contributed by atoms with Gasteiger partial charge >= 0.3 is 12.1 Å². The van der Waals surface area contributed by atoms with Crippen molar-refractivity contribution in [1.29, 1.82) is 0 Å². The smallest absolute Gasteiger partial charge is 0.407 e. The van der Waals surface area contributed by atoms with E-state index in [0.29, 0.717) is 0 Å². The van der Waals surface area contributed by atoms with E-state index in [-0.39, 0.29) is 28.9 Å². The van der Waals surface area contributed by atoms with Crippen LogP contribution in [0.15, 0.2) is 51.7 Å². The average molecular weight is 425 g/mol. The van der Waals surface area contributed by atoms with Crippen molar-refractivity contribution in [2.45, 2.75) is 19.5 Å². The van der Waals surface area contributed by atoms with E-state index in [4.69, 9.17) is 4.42 Å². The molecule has 0 saturated heterocycles. The molecule has 0 saturated carbocycles. The number of halogens is 3. The molecule has 0 spiro atoms. The number of para-hydroxylation sites is 1. The molecule has 2 aromatic carbocycles. The zero-order valence-electron chi connectivity index (χ0n) is 15.4. The molecule has 0 fully saturated rings. The topological polar surface area (TPSA) is 108 Å². The lowest BCUT2D eigenvalue weighted by Crippen LogP contribution is -2.32. The number of amides is 1. The Hall–Kier alpha value is -3.83. The highest BCUT2D eigenvalue weighted by Crippen LogP contribution is 2.27. The van der Waals surface area contributed by atoms with Crippen LogP contribution in [0.25, 0.3) is 11.1 Å². The van der Waals surface area contributed by atoms with Crippen molar-refractivity contribution in [1.82, 2.24) is 9.47 Å². The summed E-state index contributed by atoms with van der Waals surface area (Å²) >= 11 is 0. The van der Waals surface area contributed by atoms with Crippen LogP contribution in [-0.2, 0) is 17.9 Å². The minimum Gasteiger partial charge on any atom is -0.407 e. The van der Waals surface area contributed by atoms with Crippen LogP contribution in [0.1, 0.15) is 5.56 Å². The Morgan fingerprint density at radius 1 is 1.27 bits per heavy atom. The van der Waals surface area contributed by atoms with Gasteiger partial charge in [0.15, 0.2) is 5.58 Å². The zero-order valence-corrected chi connectivity index (χ0v) is 15.4. The Kier molecular flexibility index (Phi) is 5.49. The second-order valence-electron chi connectivity index (χ2n) is 6.27. The number of benzene rings is 2. The molecule has 0 aliphatic rings. The van der Waals surface area contributed by atoms with E-state index in [9.17, 15) is 32.9 Å². The summed E-state index contributed by atoms with van der Waals surface area (Å²) in [4.78, 5) is 35.9. The zero-order chi connectivity index (χ0) is 22.1. The fraction of sp³-hybridized carbons (Fsp3) is 0.222. The molecule has 9 nitrogen and oxygen atoms in total. The van der Waals surface area contributed by atoms with Gasteiger partial charge in [-0.15, -0.1) is 13.2 Å². The van der Waals surface area contributed by atoms with E-state index in [1.165, 1.54) is 31.3 Å². The number of carbonyl (C=O) groups excluding carboxylic acids is 1. The standard InChI is InChI=1S/C18H14F3N3O6/c1-22(9-11-4-2-3-5-14(11)30-18(19,20)21)16(25)10-23-13-7-6-12(24(27)28)8-15(13)29-17(23)26/h2-8H,9-10H2,1H3. The fourth-order valence-electron chi connectivity index (χ4n) is 2.78. The molecule has 0 radical (unpaired) electrons. The van der Waals surface area contributed by atoms with Gasteiger partial charge in [0.05, 0.1) is 16.5 Å². The molecule has 0 aliphatic heterocycles. The summed E-state index contributed by atoms with van der Waals surface area (Å²) in [5, 5.41) is 10.8. The second kappa shape index (κ2) is 7.89. The van der Waals surface area contributed by atoms with Gasteiger partial charge in [-0.05, 0) is 12.1 Å². The summed E-state index contributed by atoms with van der Waals surface area (Å²) in [5.41, 5.74) is -0.0551. The first kappa shape index (κ1) is 20.9. The van der Waals surface area contributed by atoms with Gasteiger partial charge in [0, 0.05) is 25.2 Å². The molecule has 0 bridgehead atoms. The van der Waals surface area contributed by atoms with Gasteiger partial charge in [0.2, 0.25) is 5.91 Å². The van der Waals surface area contributed by atoms with Crippen LogP contribution in [0.5, 0.6) is 5.75 Å². The maximum atomic E-state index is 12.5. The number of fused-ring (bicyclic) bond motifs is 1. The number of ether oxygens (including phenoxy) is 1. The van der Waals surface area contributed by atoms with E-state index in [1.807, 2.05) is 0 Å². The molecule has 158 valence electrons. The summed E-state index contributed by atoms with van der Waals surface area (Å²) in [6.07, 6.45) is -4.88. The number of likely N-dealkylation sites (N-methyl/N-ethyl adjacent to an activating group) is 1. The highest BCUT2D eigenvalue weighted by Gasteiger charge is 2.32. The van der Waals surface area contributed by atoms with Gasteiger partial charge in [-0.1, -0.05) is 18.2 Å². The van der Waals surface area contributed by atoms with E-state index in [1.54, 1.807) is 0 Å². The summed E-state index contributed by atoms with van der Waals surface area (Å²) in [6.45, 7) is -0.677. The number of aromatic nitrogens is 1. The predicted molar refractivity (Wildman–Crippen MR) is 96.7 cm³/mol. The molecule has 30 heavy (non-hydrogen) atoms. The summed E-state index contributed by atoms with van der Waals surface area (Å²) in [5.74, 6) is -1.93. The number of carbonyl (C=O) groups is 1. The molecule has 0 atom stereocenters. The minimum absolute atomic E-state index is 0.0615. The first-order chi connectivity index (χ1) is 14.0. The number of hydrogen-bond acceptors (Lipinski definition) is 6. The minimum atomic E-state index is -4.88. The van der Waals surface area contributed by atoms with Crippen LogP contribution in [0.2, 0.25) is 0 Å². The maximum absolute atomic E-state index is 12.5. The summed E-state index contributed by atoms with van der Waals surface area (Å²) in [7, 11) is 1.35. The van der Waals surface area contributed by atoms with Gasteiger partial charge < -0.3 is 14.1 Å². The van der Waals surface area contributed by atoms with Gasteiger partial charge in [-0.3, -0.25) is 19.5 Å². The molecule has 12 heteroatoms. The van der Waals surface area contributed by atoms with Crippen LogP contribution in [-0.4, -0.2) is 33.7 Å². The Balaban J connectivity index is 1.80. The van der Waals surface area contributed by atoms with Crippen molar-refractivity contribution in [2.75, 3.05) is 7.05 Å². The Morgan fingerprint density at radius 2 is 1.97 bits per heavy atom. The molecule has 3 aromatic rings. The summed E-state index contributed by atoms with van der Waals surface area (Å²) < 4.78 is 47.5. The van der Waals surface area contributed by atoms with Gasteiger partial charge in [-0.2, -0.15) is 0 Å².